The van der Waals surface area contributed by atoms with E-state index in [9.17, 15) is 4.79 Å². The van der Waals surface area contributed by atoms with Gasteiger partial charge in [-0.15, -0.1) is 0 Å². The van der Waals surface area contributed by atoms with Crippen molar-refractivity contribution in [3.63, 3.8) is 0 Å². The molecule has 0 aliphatic rings. The minimum atomic E-state index is -0.418. The lowest BCUT2D eigenvalue weighted by Gasteiger charge is -2.18. The van der Waals surface area contributed by atoms with Crippen molar-refractivity contribution >= 4 is 11.6 Å². The average molecular weight is 480 g/mol. The van der Waals surface area contributed by atoms with Gasteiger partial charge >= 0.3 is 0 Å². The second kappa shape index (κ2) is 9.02. The van der Waals surface area contributed by atoms with Crippen LogP contribution >= 0.6 is 11.6 Å². The molecule has 3 aromatic heterocycles. The first kappa shape index (κ1) is 23.6. The van der Waals surface area contributed by atoms with Crippen LogP contribution in [-0.4, -0.2) is 24.5 Å². The van der Waals surface area contributed by atoms with Crippen LogP contribution in [0, 0.1) is 20.8 Å². The van der Waals surface area contributed by atoms with E-state index in [1.165, 1.54) is 10.8 Å². The topological polar surface area (TPSA) is 95.9 Å². The maximum Gasteiger partial charge on any atom is 0.280 e. The van der Waals surface area contributed by atoms with Gasteiger partial charge in [0.25, 0.3) is 5.56 Å². The van der Waals surface area contributed by atoms with Crippen molar-refractivity contribution in [2.45, 2.75) is 53.6 Å². The number of rotatable bonds is 5. The average Bonchev–Trinajstić information content (AvgIpc) is 3.21. The molecule has 0 spiro atoms. The van der Waals surface area contributed by atoms with Crippen molar-refractivity contribution in [3.05, 3.63) is 80.9 Å². The van der Waals surface area contributed by atoms with Gasteiger partial charge in [-0.25, -0.2) is 15.0 Å². The molecule has 4 aromatic rings. The smallest absolute Gasteiger partial charge is 0.280 e. The van der Waals surface area contributed by atoms with Gasteiger partial charge in [-0.1, -0.05) is 44.5 Å². The normalized spacial score (nSPS) is 11.6. The van der Waals surface area contributed by atoms with E-state index in [1.807, 2.05) is 31.2 Å². The summed E-state index contributed by atoms with van der Waals surface area (Å²) in [6.45, 7) is 11.7. The fourth-order valence-corrected chi connectivity index (χ4v) is 3.65. The predicted octanol–water partition coefficient (Wildman–Crippen LogP) is 5.13. The van der Waals surface area contributed by atoms with Crippen LogP contribution in [0.5, 0.6) is 5.88 Å². The van der Waals surface area contributed by atoms with E-state index in [0.29, 0.717) is 23.1 Å². The van der Waals surface area contributed by atoms with E-state index in [0.717, 1.165) is 22.6 Å². The first-order chi connectivity index (χ1) is 16.0. The SMILES string of the molecule is Cc1nc(COc2nc(C)n(-c3cc(-c4ccnc(C(C)(C)C)n4)ccc3C)c(=O)c2Cl)co1. The largest absolute Gasteiger partial charge is 0.470 e. The number of aryl methyl sites for hydroxylation is 3. The Labute approximate surface area is 202 Å². The number of hydrogen-bond acceptors (Lipinski definition) is 7. The highest BCUT2D eigenvalue weighted by atomic mass is 35.5. The molecule has 0 fully saturated rings. The van der Waals surface area contributed by atoms with E-state index < -0.39 is 5.56 Å². The van der Waals surface area contributed by atoms with Crippen molar-refractivity contribution in [2.75, 3.05) is 0 Å². The van der Waals surface area contributed by atoms with Crippen molar-refractivity contribution in [3.8, 4) is 22.8 Å². The summed E-state index contributed by atoms with van der Waals surface area (Å²) in [5, 5.41) is -0.104. The lowest BCUT2D eigenvalue weighted by atomic mass is 9.95. The molecule has 9 heteroatoms. The van der Waals surface area contributed by atoms with Gasteiger partial charge < -0.3 is 9.15 Å². The summed E-state index contributed by atoms with van der Waals surface area (Å²) in [6, 6.07) is 7.68. The maximum atomic E-state index is 13.3. The van der Waals surface area contributed by atoms with E-state index in [4.69, 9.17) is 25.7 Å². The van der Waals surface area contributed by atoms with E-state index in [1.54, 1.807) is 20.0 Å². The summed E-state index contributed by atoms with van der Waals surface area (Å²) < 4.78 is 12.3. The van der Waals surface area contributed by atoms with Gasteiger partial charge in [0.05, 0.1) is 11.4 Å². The summed E-state index contributed by atoms with van der Waals surface area (Å²) >= 11 is 6.39. The quantitative estimate of drug-likeness (QED) is 0.391. The second-order valence-electron chi connectivity index (χ2n) is 9.08. The molecule has 1 aromatic carbocycles. The number of aromatic nitrogens is 5. The molecule has 34 heavy (non-hydrogen) atoms. The Morgan fingerprint density at radius 3 is 2.53 bits per heavy atom. The maximum absolute atomic E-state index is 13.3. The molecule has 3 heterocycles. The number of nitrogens with zero attached hydrogens (tertiary/aromatic N) is 5. The number of oxazole rings is 1. The van der Waals surface area contributed by atoms with Crippen LogP contribution < -0.4 is 10.3 Å². The molecule has 0 saturated carbocycles. The molecule has 0 aliphatic heterocycles. The van der Waals surface area contributed by atoms with Crippen LogP contribution in [0.2, 0.25) is 5.02 Å². The van der Waals surface area contributed by atoms with Crippen molar-refractivity contribution in [2.24, 2.45) is 0 Å². The van der Waals surface area contributed by atoms with Crippen LogP contribution in [-0.2, 0) is 12.0 Å². The highest BCUT2D eigenvalue weighted by molar-refractivity contribution is 6.31. The third-order valence-corrected chi connectivity index (χ3v) is 5.58. The fourth-order valence-electron chi connectivity index (χ4n) is 3.47. The molecule has 176 valence electrons. The number of ether oxygens (including phenoxy) is 1. The third kappa shape index (κ3) is 4.72. The zero-order valence-electron chi connectivity index (χ0n) is 20.0. The molecule has 0 saturated heterocycles. The molecule has 0 bridgehead atoms. The fraction of sp³-hybridized carbons (Fsp3) is 0.320. The first-order valence-electron chi connectivity index (χ1n) is 10.8. The molecule has 0 aliphatic carbocycles. The van der Waals surface area contributed by atoms with Crippen LogP contribution in [0.15, 0.2) is 45.9 Å². The standard InChI is InChI=1S/C25H26ClN5O3/c1-14-7-8-17(19-9-10-27-24(30-19)25(4,5)6)11-20(14)31-15(2)28-22(21(26)23(31)32)34-13-18-12-33-16(3)29-18/h7-12H,13H2,1-6H3. The zero-order valence-corrected chi connectivity index (χ0v) is 20.8. The van der Waals surface area contributed by atoms with Crippen molar-refractivity contribution in [1.82, 2.24) is 24.5 Å². The van der Waals surface area contributed by atoms with Gasteiger partial charge in [0, 0.05) is 24.1 Å². The Morgan fingerprint density at radius 1 is 1.09 bits per heavy atom. The minimum absolute atomic E-state index is 0.0560. The van der Waals surface area contributed by atoms with Gasteiger partial charge in [0.2, 0.25) is 5.88 Å². The Morgan fingerprint density at radius 2 is 1.85 bits per heavy atom. The van der Waals surface area contributed by atoms with Crippen LogP contribution in [0.1, 0.15) is 49.6 Å². The summed E-state index contributed by atoms with van der Waals surface area (Å²) in [5.41, 5.74) is 3.17. The van der Waals surface area contributed by atoms with Gasteiger partial charge in [0.1, 0.15) is 30.2 Å². The van der Waals surface area contributed by atoms with E-state index in [-0.39, 0.29) is 22.9 Å². The summed E-state index contributed by atoms with van der Waals surface area (Å²) in [4.78, 5) is 31.0. The predicted molar refractivity (Wildman–Crippen MR) is 130 cm³/mol. The minimum Gasteiger partial charge on any atom is -0.470 e. The van der Waals surface area contributed by atoms with Gasteiger partial charge in [-0.2, -0.15) is 4.98 Å². The van der Waals surface area contributed by atoms with Gasteiger partial charge in [-0.3, -0.25) is 9.36 Å². The van der Waals surface area contributed by atoms with E-state index >= 15 is 0 Å². The molecule has 0 N–H and O–H groups in total. The number of hydrogen-bond donors (Lipinski definition) is 0. The molecule has 4 rings (SSSR count). The highest BCUT2D eigenvalue weighted by Gasteiger charge is 2.20. The second-order valence-corrected chi connectivity index (χ2v) is 9.46. The van der Waals surface area contributed by atoms with Crippen LogP contribution in [0.25, 0.3) is 16.9 Å². The van der Waals surface area contributed by atoms with Crippen LogP contribution in [0.3, 0.4) is 0 Å². The summed E-state index contributed by atoms with van der Waals surface area (Å²) in [5.74, 6) is 1.77. The Kier molecular flexibility index (Phi) is 6.27. The molecule has 0 atom stereocenters. The Balaban J connectivity index is 1.73. The molecular weight excluding hydrogens is 454 g/mol. The molecule has 8 nitrogen and oxygen atoms in total. The highest BCUT2D eigenvalue weighted by Crippen LogP contribution is 2.27. The summed E-state index contributed by atoms with van der Waals surface area (Å²) in [7, 11) is 0. The first-order valence-corrected chi connectivity index (χ1v) is 11.2. The Bertz CT molecular complexity index is 1420. The lowest BCUT2D eigenvalue weighted by Crippen LogP contribution is -2.24. The molecule has 0 radical (unpaired) electrons. The third-order valence-electron chi connectivity index (χ3n) is 5.26. The van der Waals surface area contributed by atoms with Crippen LogP contribution in [0.4, 0.5) is 0 Å². The van der Waals surface area contributed by atoms with E-state index in [2.05, 4.69) is 35.7 Å². The summed E-state index contributed by atoms with van der Waals surface area (Å²) in [6.07, 6.45) is 3.24. The van der Waals surface area contributed by atoms with Crippen molar-refractivity contribution < 1.29 is 9.15 Å². The molecular formula is C25H26ClN5O3. The van der Waals surface area contributed by atoms with Crippen molar-refractivity contribution in [1.29, 1.82) is 0 Å². The monoisotopic (exact) mass is 479 g/mol. The Hall–Kier alpha value is -3.52. The van der Waals surface area contributed by atoms with Gasteiger partial charge in [-0.05, 0) is 31.5 Å². The number of halogens is 1. The zero-order chi connectivity index (χ0) is 24.6. The molecule has 0 amide bonds. The lowest BCUT2D eigenvalue weighted by molar-refractivity contribution is 0.287. The van der Waals surface area contributed by atoms with Gasteiger partial charge in [0.15, 0.2) is 10.9 Å². The molecule has 0 unspecified atom stereocenters. The number of benzene rings is 1.